The molecule has 0 amide bonds. The minimum absolute atomic E-state index is 0.0641. The predicted octanol–water partition coefficient (Wildman–Crippen LogP) is 15.9. The number of nitrogens with zero attached hydrogens (tertiary/aromatic N) is 2. The molecule has 1 unspecified atom stereocenters. The Kier molecular flexibility index (Phi) is 10.6. The van der Waals surface area contributed by atoms with Crippen LogP contribution in [0.4, 0.5) is 16.4 Å². The summed E-state index contributed by atoms with van der Waals surface area (Å²) < 4.78 is 1.34. The lowest BCUT2D eigenvalue weighted by Gasteiger charge is -2.42. The van der Waals surface area contributed by atoms with Crippen molar-refractivity contribution in [3.8, 4) is 11.1 Å². The van der Waals surface area contributed by atoms with E-state index >= 15 is 0 Å². The van der Waals surface area contributed by atoms with Crippen LogP contribution in [0.1, 0.15) is 148 Å². The van der Waals surface area contributed by atoms with E-state index in [4.69, 9.17) is 0 Å². The maximum Gasteiger partial charge on any atom is 0.188 e. The van der Waals surface area contributed by atoms with Crippen molar-refractivity contribution in [2.45, 2.75) is 142 Å². The molecule has 1 atom stereocenters. The van der Waals surface area contributed by atoms with Crippen molar-refractivity contribution in [2.24, 2.45) is 5.92 Å². The van der Waals surface area contributed by atoms with Gasteiger partial charge in [0.1, 0.15) is 0 Å². The average Bonchev–Trinajstić information content (AvgIpc) is 3.72. The number of fused-ring (bicyclic) bond motifs is 8. The Hall–Kier alpha value is -4.80. The molecule has 0 spiro atoms. The summed E-state index contributed by atoms with van der Waals surface area (Å²) in [4.78, 5) is 5.05. The average molecular weight is 848 g/mol. The molecule has 63 heavy (non-hydrogen) atoms. The van der Waals surface area contributed by atoms with Crippen LogP contribution >= 0.6 is 11.3 Å². The zero-order valence-electron chi connectivity index (χ0n) is 40.0. The summed E-state index contributed by atoms with van der Waals surface area (Å²) >= 11 is 1.94. The smallest absolute Gasteiger partial charge is 0.188 e. The first kappa shape index (κ1) is 43.5. The van der Waals surface area contributed by atoms with Gasteiger partial charge in [-0.05, 0) is 158 Å². The molecule has 0 saturated heterocycles. The molecule has 4 heteroatoms. The molecule has 1 radical (unpaired) electrons. The fourth-order valence-electron chi connectivity index (χ4n) is 11.4. The van der Waals surface area contributed by atoms with Gasteiger partial charge in [-0.3, -0.25) is 0 Å². The number of anilines is 3. The number of hydrogen-bond acceptors (Lipinski definition) is 3. The summed E-state index contributed by atoms with van der Waals surface area (Å²) in [6, 6.07) is 28.5. The summed E-state index contributed by atoms with van der Waals surface area (Å²) in [5.41, 5.74) is 17.6. The summed E-state index contributed by atoms with van der Waals surface area (Å²) in [6.07, 6.45) is 17.6. The van der Waals surface area contributed by atoms with Gasteiger partial charge in [-0.1, -0.05) is 143 Å². The molecule has 1 aliphatic heterocycles. The topological polar surface area (TPSA) is 6.48 Å². The van der Waals surface area contributed by atoms with E-state index in [0.29, 0.717) is 5.92 Å². The van der Waals surface area contributed by atoms with E-state index in [2.05, 4.69) is 210 Å². The maximum absolute atomic E-state index is 4.34. The molecule has 4 aliphatic rings. The Balaban J connectivity index is 1.35. The zero-order chi connectivity index (χ0) is 44.9. The molecule has 323 valence electrons. The third kappa shape index (κ3) is 7.14. The highest BCUT2D eigenvalue weighted by Gasteiger charge is 2.41. The van der Waals surface area contributed by atoms with Gasteiger partial charge in [-0.2, -0.15) is 0 Å². The molecule has 0 N–H and O–H groups in total. The first-order valence-electron chi connectivity index (χ1n) is 23.6. The van der Waals surface area contributed by atoms with Gasteiger partial charge < -0.3 is 9.80 Å². The molecule has 9 rings (SSSR count). The highest BCUT2D eigenvalue weighted by atomic mass is 32.1. The van der Waals surface area contributed by atoms with Gasteiger partial charge in [-0.25, -0.2) is 0 Å². The summed E-state index contributed by atoms with van der Waals surface area (Å²) in [7, 11) is 2.46. The molecular weight excluding hydrogens is 780 g/mol. The van der Waals surface area contributed by atoms with E-state index in [1.165, 1.54) is 101 Å². The van der Waals surface area contributed by atoms with E-state index in [0.717, 1.165) is 25.0 Å². The summed E-state index contributed by atoms with van der Waals surface area (Å²) in [5, 5.41) is 2.57. The van der Waals surface area contributed by atoms with Crippen molar-refractivity contribution < 1.29 is 0 Å². The van der Waals surface area contributed by atoms with Crippen molar-refractivity contribution in [3.63, 3.8) is 0 Å². The lowest BCUT2D eigenvalue weighted by Crippen LogP contribution is -2.34. The maximum atomic E-state index is 4.34. The highest BCUT2D eigenvalue weighted by molar-refractivity contribution is 7.24. The lowest BCUT2D eigenvalue weighted by molar-refractivity contribution is 0.332. The molecule has 1 aromatic heterocycles. The quantitative estimate of drug-likeness (QED) is 0.119. The number of thiophene rings is 1. The number of rotatable bonds is 7. The standard InChI is InChI=1S/C59H68BN2S/c1-14-20-39-27-32-61(50-24-19-23-46-52(50)42-21-17-18-22-44(42)59(46,12)13)41(33-38(15-2)16-3)37-60-53-43-35-48-49(58(10,11)31-30-57(48,8)9)36-51(43)63-54(53)62(39)40-25-26-45-47(34-40)56(6,7)29-28-55(45,4)5/h14-15,17-27,32,34-38H,1-2,16,28-31,33H2,3-13H3/b32-27+,39-20+,41-37-. The first-order chi connectivity index (χ1) is 29.8. The zero-order valence-corrected chi connectivity index (χ0v) is 40.8. The number of allylic oxidation sites excluding steroid dienone is 5. The lowest BCUT2D eigenvalue weighted by atomic mass is 9.62. The van der Waals surface area contributed by atoms with Gasteiger partial charge in [0.15, 0.2) is 7.28 Å². The van der Waals surface area contributed by atoms with Crippen LogP contribution < -0.4 is 15.3 Å². The second-order valence-electron chi connectivity index (χ2n) is 22.1. The summed E-state index contributed by atoms with van der Waals surface area (Å²) in [6.45, 7) is 35.3. The minimum atomic E-state index is -0.114. The van der Waals surface area contributed by atoms with E-state index in [1.807, 2.05) is 17.4 Å². The van der Waals surface area contributed by atoms with E-state index in [9.17, 15) is 0 Å². The van der Waals surface area contributed by atoms with Crippen molar-refractivity contribution in [3.05, 3.63) is 167 Å². The fourth-order valence-corrected chi connectivity index (χ4v) is 12.7. The predicted molar refractivity (Wildman–Crippen MR) is 277 cm³/mol. The van der Waals surface area contributed by atoms with Crippen LogP contribution in [0.15, 0.2) is 134 Å². The normalized spacial score (nSPS) is 22.3. The van der Waals surface area contributed by atoms with Gasteiger partial charge in [0.25, 0.3) is 0 Å². The molecule has 0 saturated carbocycles. The van der Waals surface area contributed by atoms with E-state index in [1.54, 1.807) is 0 Å². The number of benzene rings is 4. The Morgan fingerprint density at radius 2 is 1.35 bits per heavy atom. The fraction of sp³-hybridized carbons (Fsp3) is 0.390. The second-order valence-corrected chi connectivity index (χ2v) is 23.2. The van der Waals surface area contributed by atoms with Crippen molar-refractivity contribution in [2.75, 3.05) is 9.80 Å². The second kappa shape index (κ2) is 15.4. The first-order valence-corrected chi connectivity index (χ1v) is 24.4. The Morgan fingerprint density at radius 1 is 0.714 bits per heavy atom. The van der Waals surface area contributed by atoms with E-state index in [-0.39, 0.29) is 27.1 Å². The Labute approximate surface area is 384 Å². The highest BCUT2D eigenvalue weighted by Crippen LogP contribution is 2.54. The van der Waals surface area contributed by atoms with Crippen molar-refractivity contribution >= 4 is 50.5 Å². The molecule has 0 fully saturated rings. The molecule has 2 heterocycles. The Morgan fingerprint density at radius 3 is 2.02 bits per heavy atom. The van der Waals surface area contributed by atoms with Gasteiger partial charge in [0.2, 0.25) is 0 Å². The van der Waals surface area contributed by atoms with Gasteiger partial charge >= 0.3 is 0 Å². The van der Waals surface area contributed by atoms with E-state index < -0.39 is 0 Å². The largest absolute Gasteiger partial charge is 0.321 e. The monoisotopic (exact) mass is 848 g/mol. The molecule has 3 aliphatic carbocycles. The SMILES string of the molecule is C=C/C=C1\C=C\N(c2cccc3c2-c2ccccc2C3(C)C)/C(CC(C=C)CC)=C\[B]c2c(sc3cc4c(cc23)C(C)(C)CCC4(C)C)N1c1ccc2c(c1)C(C)(C)CCC2(C)C. The molecular formula is C59H68BN2S. The van der Waals surface area contributed by atoms with Gasteiger partial charge in [-0.15, -0.1) is 17.9 Å². The minimum Gasteiger partial charge on any atom is -0.321 e. The van der Waals surface area contributed by atoms with Crippen LogP contribution in [0, 0.1) is 5.92 Å². The van der Waals surface area contributed by atoms with Crippen LogP contribution in [0.3, 0.4) is 0 Å². The van der Waals surface area contributed by atoms with Crippen LogP contribution in [0.25, 0.3) is 21.2 Å². The molecule has 2 nitrogen and oxygen atoms in total. The summed E-state index contributed by atoms with van der Waals surface area (Å²) in [5.74, 6) is 2.76. The Bertz CT molecular complexity index is 2760. The molecule has 4 aromatic carbocycles. The van der Waals surface area contributed by atoms with Crippen molar-refractivity contribution in [1.29, 1.82) is 0 Å². The van der Waals surface area contributed by atoms with Crippen LogP contribution in [-0.2, 0) is 27.1 Å². The van der Waals surface area contributed by atoms with Crippen LogP contribution in [0.2, 0.25) is 0 Å². The third-order valence-electron chi connectivity index (χ3n) is 15.8. The molecule has 0 bridgehead atoms. The third-order valence-corrected chi connectivity index (χ3v) is 17.0. The number of hydrogen-bond donors (Lipinski definition) is 0. The van der Waals surface area contributed by atoms with Gasteiger partial charge in [0, 0.05) is 39.0 Å². The van der Waals surface area contributed by atoms with Crippen LogP contribution in [-0.4, -0.2) is 7.28 Å². The van der Waals surface area contributed by atoms with Crippen LogP contribution in [0.5, 0.6) is 0 Å². The molecule has 5 aromatic rings. The van der Waals surface area contributed by atoms with Crippen molar-refractivity contribution in [1.82, 2.24) is 0 Å². The van der Waals surface area contributed by atoms with Gasteiger partial charge in [0.05, 0.1) is 10.7 Å².